The number of hydrogen-bond acceptors (Lipinski definition) is 2. The molecule has 1 N–H and O–H groups in total. The fourth-order valence-electron chi connectivity index (χ4n) is 3.86. The minimum atomic E-state index is 0.799. The number of piperidine rings is 2. The molecule has 4 nitrogen and oxygen atoms in total. The highest BCUT2D eigenvalue weighted by molar-refractivity contribution is 5.79. The van der Waals surface area contributed by atoms with Crippen LogP contribution in [-0.4, -0.2) is 62.1 Å². The van der Waals surface area contributed by atoms with Crippen molar-refractivity contribution in [1.29, 1.82) is 0 Å². The second-order valence-corrected chi connectivity index (χ2v) is 7.42. The van der Waals surface area contributed by atoms with E-state index in [1.165, 1.54) is 58.2 Å². The molecule has 0 saturated carbocycles. The molecule has 2 fully saturated rings. The summed E-state index contributed by atoms with van der Waals surface area (Å²) in [6.07, 6.45) is 8.01. The molecule has 2 atom stereocenters. The molecule has 0 aromatic carbocycles. The van der Waals surface area contributed by atoms with E-state index in [0.29, 0.717) is 0 Å². The van der Waals surface area contributed by atoms with E-state index in [1.54, 1.807) is 0 Å². The highest BCUT2D eigenvalue weighted by Gasteiger charge is 2.19. The molecule has 2 saturated heterocycles. The number of nitrogens with one attached hydrogen (secondary N) is 1. The number of hydrogen-bond donors (Lipinski definition) is 1. The van der Waals surface area contributed by atoms with Crippen molar-refractivity contribution in [1.82, 2.24) is 15.1 Å². The zero-order chi connectivity index (χ0) is 15.8. The maximum Gasteiger partial charge on any atom is 0.193 e. The zero-order valence-electron chi connectivity index (χ0n) is 15.0. The van der Waals surface area contributed by atoms with E-state index in [-0.39, 0.29) is 0 Å². The third-order valence-corrected chi connectivity index (χ3v) is 5.09. The summed E-state index contributed by atoms with van der Waals surface area (Å²) in [6, 6.07) is 0. The van der Waals surface area contributed by atoms with Gasteiger partial charge in [0, 0.05) is 33.2 Å². The largest absolute Gasteiger partial charge is 0.356 e. The van der Waals surface area contributed by atoms with Crippen LogP contribution in [0.5, 0.6) is 0 Å². The van der Waals surface area contributed by atoms with E-state index in [9.17, 15) is 0 Å². The molecule has 2 heterocycles. The van der Waals surface area contributed by atoms with E-state index in [4.69, 9.17) is 0 Å². The normalized spacial score (nSPS) is 28.0. The van der Waals surface area contributed by atoms with Crippen molar-refractivity contribution in [3.8, 4) is 0 Å². The molecule has 22 heavy (non-hydrogen) atoms. The summed E-state index contributed by atoms with van der Waals surface area (Å²) in [4.78, 5) is 9.54. The molecular weight excluding hydrogens is 272 g/mol. The first-order valence-corrected chi connectivity index (χ1v) is 9.37. The van der Waals surface area contributed by atoms with Gasteiger partial charge in [-0.15, -0.1) is 0 Å². The van der Waals surface area contributed by atoms with Gasteiger partial charge in [-0.3, -0.25) is 4.99 Å². The lowest BCUT2D eigenvalue weighted by Crippen LogP contribution is -2.46. The van der Waals surface area contributed by atoms with E-state index < -0.39 is 0 Å². The van der Waals surface area contributed by atoms with Crippen LogP contribution in [0, 0.1) is 11.8 Å². The van der Waals surface area contributed by atoms with E-state index in [0.717, 1.165) is 37.4 Å². The van der Waals surface area contributed by atoms with Crippen LogP contribution in [-0.2, 0) is 0 Å². The van der Waals surface area contributed by atoms with Crippen LogP contribution in [0.15, 0.2) is 4.99 Å². The highest BCUT2D eigenvalue weighted by atomic mass is 15.3. The Hall–Kier alpha value is -0.770. The number of likely N-dealkylation sites (tertiary alicyclic amines) is 2. The van der Waals surface area contributed by atoms with Crippen molar-refractivity contribution in [3.63, 3.8) is 0 Å². The van der Waals surface area contributed by atoms with Crippen molar-refractivity contribution in [2.24, 2.45) is 16.8 Å². The van der Waals surface area contributed by atoms with E-state index in [1.807, 2.05) is 7.05 Å². The molecule has 2 rings (SSSR count). The predicted molar refractivity (Wildman–Crippen MR) is 95.4 cm³/mol. The Bertz CT molecular complexity index is 342. The Kier molecular flexibility index (Phi) is 7.50. The molecular formula is C18H36N4. The quantitative estimate of drug-likeness (QED) is 0.481. The number of aliphatic imine (C=N–C) groups is 1. The van der Waals surface area contributed by atoms with Crippen molar-refractivity contribution in [2.75, 3.05) is 46.3 Å². The Balaban J connectivity index is 1.58. The summed E-state index contributed by atoms with van der Waals surface area (Å²) in [5.74, 6) is 2.80. The summed E-state index contributed by atoms with van der Waals surface area (Å²) in [5, 5.41) is 3.56. The number of guanidine groups is 1. The lowest BCUT2D eigenvalue weighted by Gasteiger charge is -2.33. The third-order valence-electron chi connectivity index (χ3n) is 5.09. The van der Waals surface area contributed by atoms with Gasteiger partial charge in [0.2, 0.25) is 0 Å². The first-order valence-electron chi connectivity index (χ1n) is 9.37. The van der Waals surface area contributed by atoms with E-state index >= 15 is 0 Å². The second-order valence-electron chi connectivity index (χ2n) is 7.42. The molecule has 2 unspecified atom stereocenters. The average Bonchev–Trinajstić information content (AvgIpc) is 2.51. The average molecular weight is 309 g/mol. The van der Waals surface area contributed by atoms with Crippen LogP contribution in [0.1, 0.15) is 52.4 Å². The molecule has 0 bridgehead atoms. The summed E-state index contributed by atoms with van der Waals surface area (Å²) in [7, 11) is 1.91. The first kappa shape index (κ1) is 17.6. The van der Waals surface area contributed by atoms with Gasteiger partial charge in [-0.25, -0.2) is 0 Å². The summed E-state index contributed by atoms with van der Waals surface area (Å²) in [6.45, 7) is 12.0. The SMILES string of the molecule is CN=C(NCCCCN1CCCC(C)C1)N1CCCC(C)C1. The predicted octanol–water partition coefficient (Wildman–Crippen LogP) is 2.81. The number of unbranched alkanes of at least 4 members (excludes halogenated alkanes) is 1. The second kappa shape index (κ2) is 9.39. The molecule has 0 amide bonds. The first-order chi connectivity index (χ1) is 10.7. The van der Waals surface area contributed by atoms with Gasteiger partial charge in [-0.2, -0.15) is 0 Å². The van der Waals surface area contributed by atoms with Crippen molar-refractivity contribution in [3.05, 3.63) is 0 Å². The minimum absolute atomic E-state index is 0.799. The van der Waals surface area contributed by atoms with Gasteiger partial charge in [0.15, 0.2) is 5.96 Å². The lowest BCUT2D eigenvalue weighted by atomic mass is 10.0. The molecule has 2 aliphatic heterocycles. The smallest absolute Gasteiger partial charge is 0.193 e. The van der Waals surface area contributed by atoms with Crippen LogP contribution in [0.25, 0.3) is 0 Å². The molecule has 0 aromatic rings. The third kappa shape index (κ3) is 5.79. The highest BCUT2D eigenvalue weighted by Crippen LogP contribution is 2.16. The maximum atomic E-state index is 4.46. The van der Waals surface area contributed by atoms with Crippen molar-refractivity contribution < 1.29 is 0 Å². The number of nitrogens with zero attached hydrogens (tertiary/aromatic N) is 3. The van der Waals surface area contributed by atoms with Gasteiger partial charge in [0.05, 0.1) is 0 Å². The zero-order valence-corrected chi connectivity index (χ0v) is 15.0. The molecule has 0 aliphatic carbocycles. The standard InChI is InChI=1S/C18H36N4/c1-16-8-6-12-21(14-16)11-5-4-10-20-18(19-3)22-13-7-9-17(2)15-22/h16-17H,4-15H2,1-3H3,(H,19,20). The van der Waals surface area contributed by atoms with Gasteiger partial charge in [-0.05, 0) is 63.5 Å². The summed E-state index contributed by atoms with van der Waals surface area (Å²) in [5.41, 5.74) is 0. The van der Waals surface area contributed by atoms with Crippen LogP contribution < -0.4 is 5.32 Å². The van der Waals surface area contributed by atoms with Gasteiger partial charge in [-0.1, -0.05) is 13.8 Å². The van der Waals surface area contributed by atoms with Crippen LogP contribution in [0.2, 0.25) is 0 Å². The van der Waals surface area contributed by atoms with Gasteiger partial charge < -0.3 is 15.1 Å². The van der Waals surface area contributed by atoms with Gasteiger partial charge in [0.25, 0.3) is 0 Å². The Morgan fingerprint density at radius 1 is 1.05 bits per heavy atom. The Morgan fingerprint density at radius 3 is 2.45 bits per heavy atom. The fraction of sp³-hybridized carbons (Fsp3) is 0.944. The summed E-state index contributed by atoms with van der Waals surface area (Å²) >= 11 is 0. The molecule has 0 spiro atoms. The molecule has 4 heteroatoms. The van der Waals surface area contributed by atoms with Crippen molar-refractivity contribution >= 4 is 5.96 Å². The molecule has 128 valence electrons. The summed E-state index contributed by atoms with van der Waals surface area (Å²) < 4.78 is 0. The van der Waals surface area contributed by atoms with Crippen LogP contribution in [0.3, 0.4) is 0 Å². The molecule has 2 aliphatic rings. The van der Waals surface area contributed by atoms with Gasteiger partial charge >= 0.3 is 0 Å². The lowest BCUT2D eigenvalue weighted by molar-refractivity contribution is 0.181. The Labute approximate surface area is 137 Å². The maximum absolute atomic E-state index is 4.46. The van der Waals surface area contributed by atoms with Crippen LogP contribution in [0.4, 0.5) is 0 Å². The van der Waals surface area contributed by atoms with Crippen LogP contribution >= 0.6 is 0 Å². The number of rotatable bonds is 5. The monoisotopic (exact) mass is 308 g/mol. The van der Waals surface area contributed by atoms with E-state index in [2.05, 4.69) is 34.0 Å². The molecule has 0 radical (unpaired) electrons. The Morgan fingerprint density at radius 2 is 1.77 bits per heavy atom. The van der Waals surface area contributed by atoms with Crippen molar-refractivity contribution in [2.45, 2.75) is 52.4 Å². The fourth-order valence-corrected chi connectivity index (χ4v) is 3.86. The molecule has 0 aromatic heterocycles. The minimum Gasteiger partial charge on any atom is -0.356 e. The van der Waals surface area contributed by atoms with Gasteiger partial charge in [0.1, 0.15) is 0 Å². The topological polar surface area (TPSA) is 30.9 Å².